The van der Waals surface area contributed by atoms with Crippen LogP contribution in [0.3, 0.4) is 0 Å². The van der Waals surface area contributed by atoms with Crippen LogP contribution in [0.25, 0.3) is 11.3 Å². The molecule has 0 aliphatic carbocycles. The van der Waals surface area contributed by atoms with E-state index < -0.39 is 0 Å². The SMILES string of the molecule is Cc1cc(-c2cccc(Cl)c2)nc(N)n1. The maximum atomic E-state index is 5.90. The molecule has 1 heterocycles. The van der Waals surface area contributed by atoms with Crippen LogP contribution < -0.4 is 5.73 Å². The van der Waals surface area contributed by atoms with E-state index in [-0.39, 0.29) is 5.95 Å². The second kappa shape index (κ2) is 3.87. The summed E-state index contributed by atoms with van der Waals surface area (Å²) in [6.07, 6.45) is 0. The van der Waals surface area contributed by atoms with Gasteiger partial charge in [0.25, 0.3) is 0 Å². The number of nitrogens with zero attached hydrogens (tertiary/aromatic N) is 2. The minimum atomic E-state index is 0.282. The van der Waals surface area contributed by atoms with Gasteiger partial charge in [-0.15, -0.1) is 0 Å². The van der Waals surface area contributed by atoms with E-state index in [0.717, 1.165) is 17.0 Å². The molecular weight excluding hydrogens is 210 g/mol. The number of rotatable bonds is 1. The maximum absolute atomic E-state index is 5.90. The Kier molecular flexibility index (Phi) is 2.56. The van der Waals surface area contributed by atoms with Crippen molar-refractivity contribution in [1.29, 1.82) is 0 Å². The minimum absolute atomic E-state index is 0.282. The van der Waals surface area contributed by atoms with Gasteiger partial charge in [-0.2, -0.15) is 0 Å². The second-order valence-corrected chi connectivity index (χ2v) is 3.70. The molecule has 3 nitrogen and oxygen atoms in total. The van der Waals surface area contributed by atoms with Crippen molar-refractivity contribution >= 4 is 17.5 Å². The molecule has 0 spiro atoms. The fourth-order valence-corrected chi connectivity index (χ4v) is 1.58. The van der Waals surface area contributed by atoms with Gasteiger partial charge in [-0.1, -0.05) is 23.7 Å². The van der Waals surface area contributed by atoms with Crippen molar-refractivity contribution in [1.82, 2.24) is 9.97 Å². The highest BCUT2D eigenvalue weighted by Gasteiger charge is 2.02. The number of nitrogen functional groups attached to an aromatic ring is 1. The Labute approximate surface area is 92.9 Å². The molecule has 0 aliphatic rings. The lowest BCUT2D eigenvalue weighted by molar-refractivity contribution is 1.12. The summed E-state index contributed by atoms with van der Waals surface area (Å²) in [5, 5.41) is 0.683. The van der Waals surface area contributed by atoms with Crippen molar-refractivity contribution in [2.75, 3.05) is 5.73 Å². The molecule has 2 rings (SSSR count). The quantitative estimate of drug-likeness (QED) is 0.802. The second-order valence-electron chi connectivity index (χ2n) is 3.26. The van der Waals surface area contributed by atoms with Crippen LogP contribution in [0.1, 0.15) is 5.69 Å². The van der Waals surface area contributed by atoms with E-state index in [2.05, 4.69) is 9.97 Å². The molecule has 76 valence electrons. The zero-order chi connectivity index (χ0) is 10.8. The summed E-state index contributed by atoms with van der Waals surface area (Å²) in [6.45, 7) is 1.88. The number of aryl methyl sites for hydroxylation is 1. The first-order valence-electron chi connectivity index (χ1n) is 4.52. The fourth-order valence-electron chi connectivity index (χ4n) is 1.39. The van der Waals surface area contributed by atoms with E-state index in [4.69, 9.17) is 17.3 Å². The van der Waals surface area contributed by atoms with Crippen molar-refractivity contribution in [3.05, 3.63) is 41.0 Å². The fraction of sp³-hybridized carbons (Fsp3) is 0.0909. The highest BCUT2D eigenvalue weighted by atomic mass is 35.5. The summed E-state index contributed by atoms with van der Waals surface area (Å²) in [5.74, 6) is 0.282. The number of hydrogen-bond donors (Lipinski definition) is 1. The van der Waals surface area contributed by atoms with Crippen molar-refractivity contribution in [2.45, 2.75) is 6.92 Å². The third-order valence-corrected chi connectivity index (χ3v) is 2.23. The van der Waals surface area contributed by atoms with Gasteiger partial charge in [-0.25, -0.2) is 9.97 Å². The van der Waals surface area contributed by atoms with Crippen LogP contribution in [-0.4, -0.2) is 9.97 Å². The zero-order valence-corrected chi connectivity index (χ0v) is 8.99. The average Bonchev–Trinajstić information content (AvgIpc) is 2.16. The molecule has 0 amide bonds. The first-order chi connectivity index (χ1) is 7.15. The number of hydrogen-bond acceptors (Lipinski definition) is 3. The molecule has 2 N–H and O–H groups in total. The van der Waals surface area contributed by atoms with Gasteiger partial charge in [-0.3, -0.25) is 0 Å². The molecule has 0 saturated carbocycles. The summed E-state index contributed by atoms with van der Waals surface area (Å²) in [7, 11) is 0. The lowest BCUT2D eigenvalue weighted by atomic mass is 10.1. The van der Waals surface area contributed by atoms with E-state index in [1.165, 1.54) is 0 Å². The van der Waals surface area contributed by atoms with Crippen LogP contribution in [-0.2, 0) is 0 Å². The smallest absolute Gasteiger partial charge is 0.220 e. The van der Waals surface area contributed by atoms with E-state index in [1.807, 2.05) is 37.3 Å². The summed E-state index contributed by atoms with van der Waals surface area (Å²) < 4.78 is 0. The molecule has 0 bridgehead atoms. The Morgan fingerprint density at radius 2 is 2.00 bits per heavy atom. The normalized spacial score (nSPS) is 10.3. The van der Waals surface area contributed by atoms with Gasteiger partial charge in [0.15, 0.2) is 0 Å². The standard InChI is InChI=1S/C11H10ClN3/c1-7-5-10(15-11(13)14-7)8-3-2-4-9(12)6-8/h2-6H,1H3,(H2,13,14,15). The molecule has 1 aromatic heterocycles. The predicted octanol–water partition coefficient (Wildman–Crippen LogP) is 2.69. The number of halogens is 1. The zero-order valence-electron chi connectivity index (χ0n) is 8.24. The molecule has 2 aromatic rings. The number of anilines is 1. The molecule has 4 heteroatoms. The summed E-state index contributed by atoms with van der Waals surface area (Å²) >= 11 is 5.90. The van der Waals surface area contributed by atoms with Crippen LogP contribution in [0.15, 0.2) is 30.3 Å². The molecule has 0 aliphatic heterocycles. The Morgan fingerprint density at radius 3 is 2.67 bits per heavy atom. The summed E-state index contributed by atoms with van der Waals surface area (Å²) in [6, 6.07) is 9.37. The third-order valence-electron chi connectivity index (χ3n) is 1.99. The molecule has 15 heavy (non-hydrogen) atoms. The molecule has 0 fully saturated rings. The minimum Gasteiger partial charge on any atom is -0.368 e. The van der Waals surface area contributed by atoms with Crippen LogP contribution in [0.4, 0.5) is 5.95 Å². The highest BCUT2D eigenvalue weighted by molar-refractivity contribution is 6.30. The molecule has 0 unspecified atom stereocenters. The lowest BCUT2D eigenvalue weighted by Gasteiger charge is -2.03. The van der Waals surface area contributed by atoms with E-state index >= 15 is 0 Å². The first-order valence-corrected chi connectivity index (χ1v) is 4.90. The average molecular weight is 220 g/mol. The van der Waals surface area contributed by atoms with Crippen molar-refractivity contribution < 1.29 is 0 Å². The van der Waals surface area contributed by atoms with Crippen LogP contribution >= 0.6 is 11.6 Å². The summed E-state index contributed by atoms with van der Waals surface area (Å²) in [4.78, 5) is 8.17. The number of nitrogens with two attached hydrogens (primary N) is 1. The monoisotopic (exact) mass is 219 g/mol. The van der Waals surface area contributed by atoms with Gasteiger partial charge in [-0.05, 0) is 25.1 Å². The first kappa shape index (κ1) is 9.93. The van der Waals surface area contributed by atoms with Gasteiger partial charge in [0, 0.05) is 16.3 Å². The van der Waals surface area contributed by atoms with Gasteiger partial charge < -0.3 is 5.73 Å². The van der Waals surface area contributed by atoms with Crippen LogP contribution in [0.2, 0.25) is 5.02 Å². The number of benzene rings is 1. The van der Waals surface area contributed by atoms with E-state index in [1.54, 1.807) is 0 Å². The molecule has 1 aromatic carbocycles. The van der Waals surface area contributed by atoms with Gasteiger partial charge >= 0.3 is 0 Å². The Bertz CT molecular complexity index is 477. The largest absolute Gasteiger partial charge is 0.368 e. The van der Waals surface area contributed by atoms with Gasteiger partial charge in [0.05, 0.1) is 5.69 Å². The molecule has 0 atom stereocenters. The molecular formula is C11H10ClN3. The van der Waals surface area contributed by atoms with E-state index in [9.17, 15) is 0 Å². The molecule has 0 saturated heterocycles. The Morgan fingerprint density at radius 1 is 1.20 bits per heavy atom. The number of aromatic nitrogens is 2. The van der Waals surface area contributed by atoms with E-state index in [0.29, 0.717) is 5.02 Å². The Hall–Kier alpha value is -1.61. The van der Waals surface area contributed by atoms with Crippen molar-refractivity contribution in [2.24, 2.45) is 0 Å². The van der Waals surface area contributed by atoms with Gasteiger partial charge in [0.1, 0.15) is 0 Å². The lowest BCUT2D eigenvalue weighted by Crippen LogP contribution is -1.98. The van der Waals surface area contributed by atoms with Crippen molar-refractivity contribution in [3.63, 3.8) is 0 Å². The Balaban J connectivity index is 2.54. The topological polar surface area (TPSA) is 51.8 Å². The van der Waals surface area contributed by atoms with Crippen LogP contribution in [0.5, 0.6) is 0 Å². The van der Waals surface area contributed by atoms with Gasteiger partial charge in [0.2, 0.25) is 5.95 Å². The maximum Gasteiger partial charge on any atom is 0.220 e. The van der Waals surface area contributed by atoms with Crippen LogP contribution in [0, 0.1) is 6.92 Å². The third kappa shape index (κ3) is 2.25. The van der Waals surface area contributed by atoms with Crippen molar-refractivity contribution in [3.8, 4) is 11.3 Å². The highest BCUT2D eigenvalue weighted by Crippen LogP contribution is 2.21. The predicted molar refractivity (Wildman–Crippen MR) is 61.6 cm³/mol. The molecule has 0 radical (unpaired) electrons. The summed E-state index contributed by atoms with van der Waals surface area (Å²) in [5.41, 5.74) is 8.16.